The molecule has 1 aromatic rings. The Morgan fingerprint density at radius 3 is 2.36 bits per heavy atom. The molecule has 0 atom stereocenters. The third kappa shape index (κ3) is 8.72. The molecule has 0 aromatic heterocycles. The highest BCUT2D eigenvalue weighted by Gasteiger charge is 2.19. The Balaban J connectivity index is 2.61. The highest BCUT2D eigenvalue weighted by Crippen LogP contribution is 2.32. The maximum absolute atomic E-state index is 10.7. The monoisotopic (exact) mass is 368 g/mol. The molecule has 1 rings (SSSR count). The largest absolute Gasteiger partial charge is 0.481 e. The first-order valence-electron chi connectivity index (χ1n) is 8.63. The molecule has 0 saturated heterocycles. The molecule has 0 spiro atoms. The van der Waals surface area contributed by atoms with Crippen LogP contribution in [0.2, 0.25) is 0 Å². The number of benzene rings is 1. The van der Waals surface area contributed by atoms with Gasteiger partial charge in [0.1, 0.15) is 5.75 Å². The molecule has 1 aromatic carbocycles. The Labute approximate surface area is 151 Å². The second kappa shape index (κ2) is 10.2. The average Bonchev–Trinajstić information content (AvgIpc) is 2.50. The van der Waals surface area contributed by atoms with Crippen molar-refractivity contribution in [3.63, 3.8) is 0 Å². The zero-order chi connectivity index (χ0) is 18.9. The molecule has 0 bridgehead atoms. The zero-order valence-corrected chi connectivity index (χ0v) is 16.1. The minimum absolute atomic E-state index is 0.143. The maximum atomic E-state index is 10.7. The lowest BCUT2D eigenvalue weighted by atomic mass is 9.85. The number of carboxylic acid groups (broad SMARTS) is 1. The van der Waals surface area contributed by atoms with Gasteiger partial charge in [-0.25, -0.2) is 0 Å². The van der Waals surface area contributed by atoms with Gasteiger partial charge in [-0.1, -0.05) is 52.2 Å². The van der Waals surface area contributed by atoms with E-state index in [0.717, 1.165) is 55.2 Å². The van der Waals surface area contributed by atoms with Gasteiger partial charge in [0.2, 0.25) is 15.8 Å². The molecule has 0 amide bonds. The summed E-state index contributed by atoms with van der Waals surface area (Å²) in [5.41, 5.74) is 2.75. The van der Waals surface area contributed by atoms with Crippen molar-refractivity contribution in [2.75, 3.05) is 0 Å². The molecule has 0 unspecified atom stereocenters. The number of aliphatic carboxylic acids is 1. The summed E-state index contributed by atoms with van der Waals surface area (Å²) >= 11 is 0. The Bertz CT molecular complexity index is 691. The molecular weight excluding hydrogens is 340 g/mol. The lowest BCUT2D eigenvalue weighted by Gasteiger charge is -2.22. The van der Waals surface area contributed by atoms with Crippen LogP contribution in [-0.2, 0) is 26.9 Å². The van der Waals surface area contributed by atoms with Gasteiger partial charge >= 0.3 is 5.97 Å². The van der Waals surface area contributed by atoms with Crippen molar-refractivity contribution in [2.24, 2.45) is 0 Å². The van der Waals surface area contributed by atoms with E-state index in [4.69, 9.17) is 9.84 Å². The van der Waals surface area contributed by atoms with Gasteiger partial charge in [0.05, 0.1) is 0 Å². The van der Waals surface area contributed by atoms with Crippen LogP contribution >= 0.6 is 0 Å². The summed E-state index contributed by atoms with van der Waals surface area (Å²) in [6.45, 7) is 6.17. The van der Waals surface area contributed by atoms with Crippen molar-refractivity contribution in [2.45, 2.75) is 71.1 Å². The third-order valence-electron chi connectivity index (χ3n) is 3.96. The summed E-state index contributed by atoms with van der Waals surface area (Å²) in [7, 11) is -2.36. The predicted molar refractivity (Wildman–Crippen MR) is 99.8 cm³/mol. The lowest BCUT2D eigenvalue weighted by molar-refractivity contribution is -0.137. The first-order chi connectivity index (χ1) is 11.7. The number of hydrogen-bond acceptors (Lipinski definition) is 4. The fraction of sp³-hybridized carbons (Fsp3) is 0.579. The summed E-state index contributed by atoms with van der Waals surface area (Å²) in [6, 6.07) is 5.97. The second-order valence-electron chi connectivity index (χ2n) is 7.22. The summed E-state index contributed by atoms with van der Waals surface area (Å²) in [6.07, 6.45) is 5.89. The molecule has 25 heavy (non-hydrogen) atoms. The van der Waals surface area contributed by atoms with Crippen molar-refractivity contribution in [1.29, 1.82) is 0 Å². The van der Waals surface area contributed by atoms with E-state index >= 15 is 0 Å². The highest BCUT2D eigenvalue weighted by molar-refractivity contribution is 7.71. The van der Waals surface area contributed by atoms with Gasteiger partial charge in [0, 0.05) is 12.0 Å². The number of rotatable bonds is 10. The van der Waals surface area contributed by atoms with Crippen molar-refractivity contribution in [3.8, 4) is 5.75 Å². The number of carboxylic acids is 1. The first-order valence-corrected chi connectivity index (χ1v) is 9.77. The molecule has 0 aliphatic carbocycles. The Kier molecular flexibility index (Phi) is 8.69. The standard InChI is InChI=1S/C19H28O5S/c1-19(2,3)16-12-11-15(13-17(16)24-14-25(22)23)9-7-5-4-6-8-10-18(20)21/h11-14H,4-10H2,1-3H3,(H,20,21). The molecule has 1 N–H and O–H groups in total. The topological polar surface area (TPSA) is 80.7 Å². The van der Waals surface area contributed by atoms with Gasteiger partial charge in [-0.05, 0) is 36.3 Å². The van der Waals surface area contributed by atoms with E-state index in [2.05, 4.69) is 26.8 Å². The van der Waals surface area contributed by atoms with Crippen LogP contribution < -0.4 is 4.74 Å². The maximum Gasteiger partial charge on any atom is 0.303 e. The van der Waals surface area contributed by atoms with Crippen LogP contribution in [0, 0.1) is 0 Å². The van der Waals surface area contributed by atoms with Crippen molar-refractivity contribution in [3.05, 3.63) is 29.3 Å². The van der Waals surface area contributed by atoms with E-state index in [-0.39, 0.29) is 11.8 Å². The molecule has 0 saturated carbocycles. The summed E-state index contributed by atoms with van der Waals surface area (Å²) in [4.78, 5) is 10.4. The van der Waals surface area contributed by atoms with Gasteiger partial charge in [0.25, 0.3) is 0 Å². The SMILES string of the molecule is CC(C)(C)c1ccc(CCCCCCCC(=O)O)cc1OC=S(=O)=O. The van der Waals surface area contributed by atoms with Gasteiger partial charge in [0.15, 0.2) is 0 Å². The smallest absolute Gasteiger partial charge is 0.303 e. The highest BCUT2D eigenvalue weighted by atomic mass is 32.2. The molecule has 0 aliphatic heterocycles. The molecule has 140 valence electrons. The average molecular weight is 368 g/mol. The zero-order valence-electron chi connectivity index (χ0n) is 15.2. The van der Waals surface area contributed by atoms with Crippen LogP contribution in [0.15, 0.2) is 18.2 Å². The van der Waals surface area contributed by atoms with E-state index in [1.54, 1.807) is 0 Å². The van der Waals surface area contributed by atoms with E-state index < -0.39 is 16.3 Å². The van der Waals surface area contributed by atoms with E-state index in [0.29, 0.717) is 5.75 Å². The molecule has 0 fully saturated rings. The second-order valence-corrected chi connectivity index (χ2v) is 7.93. The molecule has 0 heterocycles. The molecule has 0 aliphatic rings. The normalized spacial score (nSPS) is 11.2. The van der Waals surface area contributed by atoms with Crippen molar-refractivity contribution < 1.29 is 23.1 Å². The number of hydrogen-bond donors (Lipinski definition) is 1. The fourth-order valence-electron chi connectivity index (χ4n) is 2.67. The Morgan fingerprint density at radius 2 is 1.76 bits per heavy atom. The number of unbranched alkanes of at least 4 members (excludes halogenated alkanes) is 4. The van der Waals surface area contributed by atoms with Gasteiger partial charge < -0.3 is 9.84 Å². The molecular formula is C19H28O5S. The lowest BCUT2D eigenvalue weighted by Crippen LogP contribution is -2.13. The fourth-order valence-corrected chi connectivity index (χ4v) is 2.85. The summed E-state index contributed by atoms with van der Waals surface area (Å²) < 4.78 is 26.8. The van der Waals surface area contributed by atoms with Gasteiger partial charge in [-0.2, -0.15) is 8.42 Å². The van der Waals surface area contributed by atoms with E-state index in [1.165, 1.54) is 0 Å². The van der Waals surface area contributed by atoms with Crippen molar-refractivity contribution in [1.82, 2.24) is 0 Å². The summed E-state index contributed by atoms with van der Waals surface area (Å²) in [5.74, 6) is -0.155. The third-order valence-corrected chi connectivity index (χ3v) is 4.22. The van der Waals surface area contributed by atoms with Crippen LogP contribution in [0.3, 0.4) is 0 Å². The van der Waals surface area contributed by atoms with Gasteiger partial charge in [-0.15, -0.1) is 0 Å². The van der Waals surface area contributed by atoms with Crippen LogP contribution in [0.4, 0.5) is 0 Å². The van der Waals surface area contributed by atoms with Crippen LogP contribution in [0.5, 0.6) is 5.75 Å². The summed E-state index contributed by atoms with van der Waals surface area (Å²) in [5, 5.41) is 8.60. The predicted octanol–water partition coefficient (Wildman–Crippen LogP) is 3.97. The first kappa shape index (κ1) is 21.2. The Hall–Kier alpha value is -1.82. The van der Waals surface area contributed by atoms with Crippen molar-refractivity contribution >= 4 is 21.8 Å². The quantitative estimate of drug-likeness (QED) is 0.499. The number of ether oxygens (including phenoxy) is 1. The minimum Gasteiger partial charge on any atom is -0.481 e. The molecule has 5 nitrogen and oxygen atoms in total. The van der Waals surface area contributed by atoms with E-state index in [1.807, 2.05) is 12.1 Å². The molecule has 0 radical (unpaired) electrons. The van der Waals surface area contributed by atoms with Crippen LogP contribution in [0.25, 0.3) is 0 Å². The molecule has 6 heteroatoms. The number of aryl methyl sites for hydroxylation is 1. The number of carbonyl (C=O) groups is 1. The minimum atomic E-state index is -2.36. The van der Waals surface area contributed by atoms with Gasteiger partial charge in [-0.3, -0.25) is 4.79 Å². The van der Waals surface area contributed by atoms with Crippen LogP contribution in [-0.4, -0.2) is 25.0 Å². The van der Waals surface area contributed by atoms with Crippen LogP contribution in [0.1, 0.15) is 70.4 Å². The Morgan fingerprint density at radius 1 is 1.12 bits per heavy atom. The van der Waals surface area contributed by atoms with E-state index in [9.17, 15) is 13.2 Å².